The third kappa shape index (κ3) is 5.38. The highest BCUT2D eigenvalue weighted by atomic mass is 16.3. The summed E-state index contributed by atoms with van der Waals surface area (Å²) in [6.45, 7) is 3.84. The van der Waals surface area contributed by atoms with Crippen molar-refractivity contribution in [2.24, 2.45) is 0 Å². The van der Waals surface area contributed by atoms with Crippen LogP contribution in [0, 0.1) is 0 Å². The normalized spacial score (nSPS) is 11.3. The summed E-state index contributed by atoms with van der Waals surface area (Å²) in [5, 5.41) is 10.4. The number of nitrogens with one attached hydrogen (secondary N) is 4. The molecule has 25 heavy (non-hydrogen) atoms. The molecule has 0 fully saturated rings. The van der Waals surface area contributed by atoms with Gasteiger partial charge in [-0.25, -0.2) is 4.79 Å². The second-order valence-electron chi connectivity index (χ2n) is 5.22. The van der Waals surface area contributed by atoms with Crippen LogP contribution in [-0.2, 0) is 4.79 Å². The Bertz CT molecular complexity index is 726. The summed E-state index contributed by atoms with van der Waals surface area (Å²) in [5.41, 5.74) is 1.26. The van der Waals surface area contributed by atoms with E-state index in [0.29, 0.717) is 17.9 Å². The maximum Gasteiger partial charge on any atom is 0.321 e. The van der Waals surface area contributed by atoms with Crippen LogP contribution in [0.3, 0.4) is 0 Å². The van der Waals surface area contributed by atoms with Gasteiger partial charge in [-0.3, -0.25) is 14.9 Å². The summed E-state index contributed by atoms with van der Waals surface area (Å²) < 4.78 is 5.02. The fraction of sp³-hybridized carbons (Fsp3) is 0.235. The van der Waals surface area contributed by atoms with Gasteiger partial charge in [-0.1, -0.05) is 0 Å². The lowest BCUT2D eigenvalue weighted by Crippen LogP contribution is -2.45. The van der Waals surface area contributed by atoms with Crippen molar-refractivity contribution in [3.63, 3.8) is 0 Å². The van der Waals surface area contributed by atoms with Crippen molar-refractivity contribution < 1.29 is 18.8 Å². The average Bonchev–Trinajstić information content (AvgIpc) is 3.11. The number of carbonyl (C=O) groups is 3. The Hall–Kier alpha value is -3.29. The van der Waals surface area contributed by atoms with Gasteiger partial charge >= 0.3 is 6.03 Å². The number of hydrogen-bond acceptors (Lipinski definition) is 5. The highest BCUT2D eigenvalue weighted by molar-refractivity contribution is 6.02. The second-order valence-corrected chi connectivity index (χ2v) is 5.22. The number of benzene rings is 1. The number of anilines is 2. The Morgan fingerprint density at radius 3 is 2.36 bits per heavy atom. The molecule has 8 heteroatoms. The Balaban J connectivity index is 1.88. The van der Waals surface area contributed by atoms with Crippen LogP contribution in [0.4, 0.5) is 16.2 Å². The Morgan fingerprint density at radius 1 is 1.08 bits per heavy atom. The Morgan fingerprint density at radius 2 is 1.76 bits per heavy atom. The molecule has 0 aliphatic rings. The molecule has 4 amide bonds. The number of imide groups is 1. The van der Waals surface area contributed by atoms with E-state index in [9.17, 15) is 14.4 Å². The maximum absolute atomic E-state index is 11.9. The summed E-state index contributed by atoms with van der Waals surface area (Å²) in [6, 6.07) is 8.88. The second kappa shape index (κ2) is 8.53. The van der Waals surface area contributed by atoms with Gasteiger partial charge in [0.1, 0.15) is 6.04 Å². The molecule has 1 atom stereocenters. The van der Waals surface area contributed by atoms with Gasteiger partial charge in [0.05, 0.1) is 6.26 Å². The summed E-state index contributed by atoms with van der Waals surface area (Å²) in [5.74, 6) is -0.570. The summed E-state index contributed by atoms with van der Waals surface area (Å²) >= 11 is 0. The minimum Gasteiger partial charge on any atom is -0.459 e. The summed E-state index contributed by atoms with van der Waals surface area (Å²) in [7, 11) is 0. The zero-order valence-electron chi connectivity index (χ0n) is 14.0. The number of rotatable bonds is 6. The van der Waals surface area contributed by atoms with E-state index in [-0.39, 0.29) is 11.7 Å². The summed E-state index contributed by atoms with van der Waals surface area (Å²) in [6.07, 6.45) is 1.43. The minimum absolute atomic E-state index is 0.220. The zero-order valence-corrected chi connectivity index (χ0v) is 14.0. The van der Waals surface area contributed by atoms with Gasteiger partial charge in [0, 0.05) is 17.9 Å². The summed E-state index contributed by atoms with van der Waals surface area (Å²) in [4.78, 5) is 35.1. The van der Waals surface area contributed by atoms with Gasteiger partial charge in [0.25, 0.3) is 5.91 Å². The van der Waals surface area contributed by atoms with E-state index in [1.54, 1.807) is 50.2 Å². The fourth-order valence-corrected chi connectivity index (χ4v) is 1.99. The number of amides is 4. The SMILES string of the molecule is CCNC(=O)NC(=O)C(C)Nc1ccc(NC(=O)c2ccco2)cc1. The molecule has 0 aliphatic carbocycles. The molecule has 0 aliphatic heterocycles. The smallest absolute Gasteiger partial charge is 0.321 e. The molecular formula is C17H20N4O4. The molecule has 4 N–H and O–H groups in total. The lowest BCUT2D eigenvalue weighted by atomic mass is 10.2. The first-order valence-corrected chi connectivity index (χ1v) is 7.79. The van der Waals surface area contributed by atoms with Crippen molar-refractivity contribution in [3.05, 3.63) is 48.4 Å². The highest BCUT2D eigenvalue weighted by Gasteiger charge is 2.15. The lowest BCUT2D eigenvalue weighted by Gasteiger charge is -2.15. The van der Waals surface area contributed by atoms with Gasteiger partial charge in [-0.2, -0.15) is 0 Å². The van der Waals surface area contributed by atoms with Crippen molar-refractivity contribution in [1.82, 2.24) is 10.6 Å². The highest BCUT2D eigenvalue weighted by Crippen LogP contribution is 2.15. The van der Waals surface area contributed by atoms with E-state index in [1.807, 2.05) is 0 Å². The fourth-order valence-electron chi connectivity index (χ4n) is 1.99. The predicted molar refractivity (Wildman–Crippen MR) is 93.4 cm³/mol. The lowest BCUT2D eigenvalue weighted by molar-refractivity contribution is -0.120. The van der Waals surface area contributed by atoms with E-state index in [2.05, 4.69) is 21.3 Å². The van der Waals surface area contributed by atoms with Crippen LogP contribution in [0.25, 0.3) is 0 Å². The van der Waals surface area contributed by atoms with Crippen LogP contribution in [0.15, 0.2) is 47.1 Å². The van der Waals surface area contributed by atoms with Crippen molar-refractivity contribution in [3.8, 4) is 0 Å². The third-order valence-electron chi connectivity index (χ3n) is 3.24. The molecule has 2 rings (SSSR count). The average molecular weight is 344 g/mol. The largest absolute Gasteiger partial charge is 0.459 e. The van der Waals surface area contributed by atoms with Gasteiger partial charge in [0.15, 0.2) is 5.76 Å². The molecule has 0 radical (unpaired) electrons. The molecule has 0 bridgehead atoms. The number of urea groups is 1. The predicted octanol–water partition coefficient (Wildman–Crippen LogP) is 2.18. The van der Waals surface area contributed by atoms with Crippen molar-refractivity contribution >= 4 is 29.2 Å². The minimum atomic E-state index is -0.605. The standard InChI is InChI=1S/C17H20N4O4/c1-3-18-17(24)21-15(22)11(2)19-12-6-8-13(9-7-12)20-16(23)14-5-4-10-25-14/h4-11,19H,3H2,1-2H3,(H,20,23)(H2,18,21,22,24). The number of carbonyl (C=O) groups excluding carboxylic acids is 3. The molecule has 8 nitrogen and oxygen atoms in total. The molecular weight excluding hydrogens is 324 g/mol. The Kier molecular flexibility index (Phi) is 6.16. The van der Waals surface area contributed by atoms with E-state index < -0.39 is 18.0 Å². The maximum atomic E-state index is 11.9. The van der Waals surface area contributed by atoms with Crippen molar-refractivity contribution in [2.45, 2.75) is 19.9 Å². The van der Waals surface area contributed by atoms with Crippen LogP contribution in [0.1, 0.15) is 24.4 Å². The molecule has 132 valence electrons. The quantitative estimate of drug-likeness (QED) is 0.641. The first-order valence-electron chi connectivity index (χ1n) is 7.79. The molecule has 0 saturated carbocycles. The van der Waals surface area contributed by atoms with Gasteiger partial charge in [-0.15, -0.1) is 0 Å². The molecule has 1 unspecified atom stereocenters. The molecule has 1 aromatic heterocycles. The zero-order chi connectivity index (χ0) is 18.2. The van der Waals surface area contributed by atoms with Crippen LogP contribution in [0.5, 0.6) is 0 Å². The molecule has 0 saturated heterocycles. The van der Waals surface area contributed by atoms with E-state index in [0.717, 1.165) is 0 Å². The Labute approximate surface area is 145 Å². The van der Waals surface area contributed by atoms with Gasteiger partial charge in [-0.05, 0) is 50.2 Å². The van der Waals surface area contributed by atoms with Crippen LogP contribution in [-0.4, -0.2) is 30.4 Å². The molecule has 1 heterocycles. The van der Waals surface area contributed by atoms with Crippen LogP contribution >= 0.6 is 0 Å². The third-order valence-corrected chi connectivity index (χ3v) is 3.24. The first-order chi connectivity index (χ1) is 12.0. The molecule has 1 aromatic carbocycles. The van der Waals surface area contributed by atoms with Crippen LogP contribution < -0.4 is 21.3 Å². The van der Waals surface area contributed by atoms with E-state index in [1.165, 1.54) is 6.26 Å². The van der Waals surface area contributed by atoms with E-state index in [4.69, 9.17) is 4.42 Å². The molecule has 2 aromatic rings. The molecule has 0 spiro atoms. The van der Waals surface area contributed by atoms with Gasteiger partial charge in [0.2, 0.25) is 5.91 Å². The van der Waals surface area contributed by atoms with Gasteiger partial charge < -0.3 is 20.4 Å². The van der Waals surface area contributed by atoms with Crippen molar-refractivity contribution in [1.29, 1.82) is 0 Å². The van der Waals surface area contributed by atoms with Crippen LogP contribution in [0.2, 0.25) is 0 Å². The topological polar surface area (TPSA) is 112 Å². The number of furan rings is 1. The number of hydrogen-bond donors (Lipinski definition) is 4. The monoisotopic (exact) mass is 344 g/mol. The first kappa shape index (κ1) is 18.1. The van der Waals surface area contributed by atoms with E-state index >= 15 is 0 Å². The van der Waals surface area contributed by atoms with Crippen molar-refractivity contribution in [2.75, 3.05) is 17.2 Å².